The molecule has 0 fully saturated rings. The van der Waals surface area contributed by atoms with E-state index in [4.69, 9.17) is 0 Å². The summed E-state index contributed by atoms with van der Waals surface area (Å²) in [6.07, 6.45) is 2.72. The zero-order chi connectivity index (χ0) is 16.0. The van der Waals surface area contributed by atoms with Crippen LogP contribution < -0.4 is 5.32 Å². The summed E-state index contributed by atoms with van der Waals surface area (Å²) in [6, 6.07) is 0.152. The van der Waals surface area contributed by atoms with Gasteiger partial charge in [-0.25, -0.2) is 9.97 Å². The first-order valence-corrected chi connectivity index (χ1v) is 7.84. The van der Waals surface area contributed by atoms with Crippen molar-refractivity contribution in [2.75, 3.05) is 18.4 Å². The van der Waals surface area contributed by atoms with Crippen LogP contribution in [0.15, 0.2) is 6.20 Å². The fourth-order valence-corrected chi connectivity index (χ4v) is 2.10. The van der Waals surface area contributed by atoms with Crippen LogP contribution >= 0.6 is 0 Å². The maximum absolute atomic E-state index is 12.8. The number of nitrogens with zero attached hydrogens (tertiary/aromatic N) is 3. The van der Waals surface area contributed by atoms with Gasteiger partial charge in [-0.05, 0) is 27.2 Å². The number of amides is 1. The highest BCUT2D eigenvalue weighted by Crippen LogP contribution is 2.19. The molecule has 0 aromatic carbocycles. The van der Waals surface area contributed by atoms with Gasteiger partial charge in [0.2, 0.25) is 0 Å². The summed E-state index contributed by atoms with van der Waals surface area (Å²) >= 11 is 0. The van der Waals surface area contributed by atoms with Gasteiger partial charge in [-0.2, -0.15) is 0 Å². The van der Waals surface area contributed by atoms with Gasteiger partial charge in [0, 0.05) is 25.0 Å². The Hall–Kier alpha value is -1.65. The molecule has 1 rings (SSSR count). The SMILES string of the molecule is CCCNc1cnc(C(C)C)nc1C(=O)N(CC)C(C)C. The molecule has 0 spiro atoms. The van der Waals surface area contributed by atoms with Gasteiger partial charge in [-0.3, -0.25) is 4.79 Å². The highest BCUT2D eigenvalue weighted by molar-refractivity contribution is 5.97. The number of carbonyl (C=O) groups is 1. The summed E-state index contributed by atoms with van der Waals surface area (Å²) < 4.78 is 0. The van der Waals surface area contributed by atoms with E-state index >= 15 is 0 Å². The molecule has 21 heavy (non-hydrogen) atoms. The maximum Gasteiger partial charge on any atom is 0.274 e. The molecule has 5 nitrogen and oxygen atoms in total. The van der Waals surface area contributed by atoms with Crippen LogP contribution in [0.4, 0.5) is 5.69 Å². The van der Waals surface area contributed by atoms with Gasteiger partial charge in [0.15, 0.2) is 5.69 Å². The van der Waals surface area contributed by atoms with Crippen molar-refractivity contribution in [1.29, 1.82) is 0 Å². The molecule has 0 saturated carbocycles. The van der Waals surface area contributed by atoms with Crippen molar-refractivity contribution in [3.05, 3.63) is 17.7 Å². The number of hydrogen-bond donors (Lipinski definition) is 1. The van der Waals surface area contributed by atoms with Gasteiger partial charge in [0.25, 0.3) is 5.91 Å². The zero-order valence-corrected chi connectivity index (χ0v) is 14.1. The van der Waals surface area contributed by atoms with Crippen molar-refractivity contribution in [2.45, 2.75) is 59.9 Å². The molecule has 1 aromatic rings. The number of anilines is 1. The lowest BCUT2D eigenvalue weighted by Gasteiger charge is -2.26. The summed E-state index contributed by atoms with van der Waals surface area (Å²) in [5.41, 5.74) is 1.21. The van der Waals surface area contributed by atoms with E-state index in [1.807, 2.05) is 39.5 Å². The molecule has 0 atom stereocenters. The summed E-state index contributed by atoms with van der Waals surface area (Å²) in [5.74, 6) is 0.876. The van der Waals surface area contributed by atoms with Crippen molar-refractivity contribution < 1.29 is 4.79 Å². The summed E-state index contributed by atoms with van der Waals surface area (Å²) in [6.45, 7) is 13.6. The predicted molar refractivity (Wildman–Crippen MR) is 86.7 cm³/mol. The van der Waals surface area contributed by atoms with E-state index in [1.54, 1.807) is 6.20 Å². The molecule has 1 amide bonds. The third-order valence-corrected chi connectivity index (χ3v) is 3.32. The van der Waals surface area contributed by atoms with E-state index in [2.05, 4.69) is 22.2 Å². The molecule has 0 bridgehead atoms. The van der Waals surface area contributed by atoms with Crippen LogP contribution in [-0.2, 0) is 0 Å². The molecule has 0 aliphatic carbocycles. The first kappa shape index (κ1) is 17.4. The highest BCUT2D eigenvalue weighted by Gasteiger charge is 2.23. The Morgan fingerprint density at radius 2 is 1.95 bits per heavy atom. The van der Waals surface area contributed by atoms with Gasteiger partial charge < -0.3 is 10.2 Å². The molecule has 1 aromatic heterocycles. The minimum atomic E-state index is -0.0320. The third-order valence-electron chi connectivity index (χ3n) is 3.32. The average Bonchev–Trinajstić information content (AvgIpc) is 2.44. The fourth-order valence-electron chi connectivity index (χ4n) is 2.10. The standard InChI is InChI=1S/C16H28N4O/c1-7-9-17-13-10-18-15(11(3)4)19-14(13)16(21)20(8-2)12(5)6/h10-12,17H,7-9H2,1-6H3. The van der Waals surface area contributed by atoms with E-state index in [0.29, 0.717) is 18.1 Å². The quantitative estimate of drug-likeness (QED) is 0.837. The van der Waals surface area contributed by atoms with Crippen LogP contribution in [0.5, 0.6) is 0 Å². The first-order valence-electron chi connectivity index (χ1n) is 7.84. The smallest absolute Gasteiger partial charge is 0.274 e. The lowest BCUT2D eigenvalue weighted by Crippen LogP contribution is -2.37. The van der Waals surface area contributed by atoms with Crippen molar-refractivity contribution in [1.82, 2.24) is 14.9 Å². The van der Waals surface area contributed by atoms with Crippen LogP contribution in [0.3, 0.4) is 0 Å². The Bertz CT molecular complexity index is 471. The summed E-state index contributed by atoms with van der Waals surface area (Å²) in [5, 5.41) is 3.26. The van der Waals surface area contributed by atoms with Crippen LogP contribution in [-0.4, -0.2) is 39.9 Å². The molecule has 0 aliphatic rings. The van der Waals surface area contributed by atoms with E-state index in [-0.39, 0.29) is 17.9 Å². The molecule has 0 saturated heterocycles. The predicted octanol–water partition coefficient (Wildman–Crippen LogP) is 3.29. The number of hydrogen-bond acceptors (Lipinski definition) is 4. The second-order valence-electron chi connectivity index (χ2n) is 5.76. The third kappa shape index (κ3) is 4.41. The maximum atomic E-state index is 12.8. The molecular weight excluding hydrogens is 264 g/mol. The molecule has 0 radical (unpaired) electrons. The number of aromatic nitrogens is 2. The lowest BCUT2D eigenvalue weighted by atomic mass is 10.2. The van der Waals surface area contributed by atoms with Gasteiger partial charge in [-0.1, -0.05) is 20.8 Å². The van der Waals surface area contributed by atoms with E-state index in [0.717, 1.165) is 18.7 Å². The monoisotopic (exact) mass is 292 g/mol. The van der Waals surface area contributed by atoms with E-state index < -0.39 is 0 Å². The number of rotatable bonds is 7. The van der Waals surface area contributed by atoms with Crippen molar-refractivity contribution in [3.8, 4) is 0 Å². The first-order chi connectivity index (χ1) is 9.92. The van der Waals surface area contributed by atoms with Gasteiger partial charge in [0.05, 0.1) is 11.9 Å². The Morgan fingerprint density at radius 1 is 1.29 bits per heavy atom. The van der Waals surface area contributed by atoms with Gasteiger partial charge in [-0.15, -0.1) is 0 Å². The topological polar surface area (TPSA) is 58.1 Å². The summed E-state index contributed by atoms with van der Waals surface area (Å²) in [7, 11) is 0. The average molecular weight is 292 g/mol. The second-order valence-corrected chi connectivity index (χ2v) is 5.76. The van der Waals surface area contributed by atoms with Crippen LogP contribution in [0, 0.1) is 0 Å². The minimum absolute atomic E-state index is 0.0320. The largest absolute Gasteiger partial charge is 0.382 e. The molecular formula is C16H28N4O. The Morgan fingerprint density at radius 3 is 2.43 bits per heavy atom. The Labute approximate surface area is 128 Å². The minimum Gasteiger partial charge on any atom is -0.382 e. The number of nitrogens with one attached hydrogen (secondary N) is 1. The van der Waals surface area contributed by atoms with Crippen LogP contribution in [0.1, 0.15) is 70.2 Å². The van der Waals surface area contributed by atoms with Crippen LogP contribution in [0.2, 0.25) is 0 Å². The van der Waals surface area contributed by atoms with Gasteiger partial charge >= 0.3 is 0 Å². The molecule has 0 unspecified atom stereocenters. The van der Waals surface area contributed by atoms with Crippen LogP contribution in [0.25, 0.3) is 0 Å². The molecule has 1 N–H and O–H groups in total. The molecule has 118 valence electrons. The normalized spacial score (nSPS) is 11.0. The summed E-state index contributed by atoms with van der Waals surface area (Å²) in [4.78, 5) is 23.5. The fraction of sp³-hybridized carbons (Fsp3) is 0.688. The van der Waals surface area contributed by atoms with E-state index in [1.165, 1.54) is 0 Å². The lowest BCUT2D eigenvalue weighted by molar-refractivity contribution is 0.0711. The Kier molecular flexibility index (Phi) is 6.59. The zero-order valence-electron chi connectivity index (χ0n) is 14.1. The second kappa shape index (κ2) is 7.96. The van der Waals surface area contributed by atoms with Crippen molar-refractivity contribution in [2.24, 2.45) is 0 Å². The van der Waals surface area contributed by atoms with E-state index in [9.17, 15) is 4.79 Å². The van der Waals surface area contributed by atoms with Crippen molar-refractivity contribution >= 4 is 11.6 Å². The Balaban J connectivity index is 3.20. The molecule has 0 aliphatic heterocycles. The highest BCUT2D eigenvalue weighted by atomic mass is 16.2. The molecule has 1 heterocycles. The molecule has 5 heteroatoms. The number of carbonyl (C=O) groups excluding carboxylic acids is 1. The van der Waals surface area contributed by atoms with Gasteiger partial charge in [0.1, 0.15) is 5.82 Å². The van der Waals surface area contributed by atoms with Crippen molar-refractivity contribution in [3.63, 3.8) is 0 Å².